The molecule has 3 aromatic carbocycles. The Morgan fingerprint density at radius 2 is 1.59 bits per heavy atom. The van der Waals surface area contributed by atoms with E-state index in [1.807, 2.05) is 47.7 Å². The molecule has 4 heteroatoms. The van der Waals surface area contributed by atoms with Gasteiger partial charge in [0.15, 0.2) is 5.78 Å². The number of hydrogen-bond donors (Lipinski definition) is 1. The molecule has 1 unspecified atom stereocenters. The Morgan fingerprint density at radius 3 is 2.20 bits per heavy atom. The van der Waals surface area contributed by atoms with E-state index in [2.05, 4.69) is 75.4 Å². The first-order valence-electron chi connectivity index (χ1n) is 17.1. The van der Waals surface area contributed by atoms with Crippen molar-refractivity contribution in [1.29, 1.82) is 0 Å². The Labute approximate surface area is 291 Å². The Hall–Kier alpha value is -2.81. The molecule has 0 spiro atoms. The van der Waals surface area contributed by atoms with Gasteiger partial charge in [-0.3, -0.25) is 4.79 Å². The number of benzene rings is 3. The first-order chi connectivity index (χ1) is 21.3. The molecule has 249 valence electrons. The number of rotatable bonds is 8. The Kier molecular flexibility index (Phi) is 13.0. The van der Waals surface area contributed by atoms with Crippen molar-refractivity contribution < 1.29 is 30.0 Å². The number of aliphatic hydroxyl groups excluding tert-OH is 1. The Bertz CT molecular complexity index is 1660. The van der Waals surface area contributed by atoms with Gasteiger partial charge in [0, 0.05) is 43.2 Å². The monoisotopic (exact) mass is 797 g/mol. The van der Waals surface area contributed by atoms with Crippen LogP contribution in [0, 0.1) is 36.7 Å². The van der Waals surface area contributed by atoms with Crippen molar-refractivity contribution in [1.82, 2.24) is 4.98 Å². The van der Waals surface area contributed by atoms with Crippen LogP contribution in [0.25, 0.3) is 32.8 Å². The predicted octanol–water partition coefficient (Wildman–Crippen LogP) is 12.0. The summed E-state index contributed by atoms with van der Waals surface area (Å²) in [5.74, 6) is 1.58. The molecule has 0 saturated heterocycles. The first kappa shape index (κ1) is 37.6. The van der Waals surface area contributed by atoms with E-state index in [1.54, 1.807) is 0 Å². The van der Waals surface area contributed by atoms with Crippen LogP contribution in [0.4, 0.5) is 0 Å². The molecule has 0 amide bonds. The summed E-state index contributed by atoms with van der Waals surface area (Å²) in [6, 6.07) is 21.5. The molecule has 1 saturated carbocycles. The first-order valence-corrected chi connectivity index (χ1v) is 17.1. The second kappa shape index (κ2) is 15.9. The van der Waals surface area contributed by atoms with Crippen LogP contribution in [0.15, 0.2) is 66.6 Å². The smallest absolute Gasteiger partial charge is 0.164 e. The van der Waals surface area contributed by atoms with Crippen LogP contribution < -0.4 is 0 Å². The van der Waals surface area contributed by atoms with Crippen LogP contribution >= 0.6 is 0 Å². The van der Waals surface area contributed by atoms with E-state index in [9.17, 15) is 9.90 Å². The van der Waals surface area contributed by atoms with Crippen molar-refractivity contribution in [2.75, 3.05) is 0 Å². The maximum atomic E-state index is 11.8. The summed E-state index contributed by atoms with van der Waals surface area (Å²) >= 11 is 0. The summed E-state index contributed by atoms with van der Waals surface area (Å²) in [6.45, 7) is 18.4. The number of nitrogens with zero attached hydrogens (tertiary/aromatic N) is 1. The number of hydrogen-bond acceptors (Lipinski definition) is 3. The van der Waals surface area contributed by atoms with Crippen molar-refractivity contribution >= 4 is 27.3 Å². The standard InChI is InChI=1S/C29H30N.C13H24O2.Ir/c1-19-15-20(2)17-24(16-19)29-28-23(13-14-30-29)18-27(25-11-7-8-12-26(25)28)21(3)22-9-5-4-6-10-22;1-7-12(3,4)10(14)9-11(15)13(5,6)8-2;/h7-8,11-16,18,21-22H,4-6,9-10H2,1-3H3;9,14H,7-8H2,1-6H3;/q-1;;/b;10-9-;. The number of ketones is 1. The number of aliphatic hydroxyl groups is 1. The van der Waals surface area contributed by atoms with Gasteiger partial charge in [-0.1, -0.05) is 112 Å². The molecular weight excluding hydrogens is 743 g/mol. The SMILES string of the molecule is CCC(C)(C)C(=O)/C=C(\O)C(C)(C)CC.Cc1[c-]c(-c2nccc3cc(C(C)C4CCCCC4)c4ccccc4c23)cc(C)c1.[Ir]. The molecule has 1 atom stereocenters. The van der Waals surface area contributed by atoms with Crippen molar-refractivity contribution in [3.05, 3.63) is 89.3 Å². The van der Waals surface area contributed by atoms with Crippen LogP contribution in [0.1, 0.15) is 116 Å². The van der Waals surface area contributed by atoms with E-state index in [1.165, 1.54) is 70.9 Å². The molecule has 1 fully saturated rings. The van der Waals surface area contributed by atoms with Crippen molar-refractivity contribution in [3.63, 3.8) is 0 Å². The summed E-state index contributed by atoms with van der Waals surface area (Å²) in [4.78, 5) is 16.7. The molecule has 1 aromatic heterocycles. The molecule has 1 radical (unpaired) electrons. The number of pyridine rings is 1. The second-order valence-corrected chi connectivity index (χ2v) is 14.6. The third-order valence-electron chi connectivity index (χ3n) is 10.4. The third kappa shape index (κ3) is 8.55. The van der Waals surface area contributed by atoms with E-state index in [4.69, 9.17) is 4.98 Å². The zero-order valence-corrected chi connectivity index (χ0v) is 31.9. The number of allylic oxidation sites excluding steroid dienone is 2. The minimum atomic E-state index is -0.377. The van der Waals surface area contributed by atoms with Gasteiger partial charge < -0.3 is 10.1 Å². The van der Waals surface area contributed by atoms with E-state index < -0.39 is 0 Å². The number of aryl methyl sites for hydroxylation is 2. The van der Waals surface area contributed by atoms with Crippen molar-refractivity contribution in [2.24, 2.45) is 16.7 Å². The summed E-state index contributed by atoms with van der Waals surface area (Å²) in [5.41, 5.74) is 5.38. The average Bonchev–Trinajstić information content (AvgIpc) is 3.03. The zero-order valence-electron chi connectivity index (χ0n) is 29.5. The summed E-state index contributed by atoms with van der Waals surface area (Å²) in [6.07, 6.45) is 11.9. The second-order valence-electron chi connectivity index (χ2n) is 14.6. The zero-order chi connectivity index (χ0) is 32.9. The molecular formula is C42H54IrNO2-. The topological polar surface area (TPSA) is 50.2 Å². The van der Waals surface area contributed by atoms with E-state index in [0.717, 1.165) is 35.6 Å². The molecule has 3 nitrogen and oxygen atoms in total. The fourth-order valence-corrected chi connectivity index (χ4v) is 6.44. The van der Waals surface area contributed by atoms with Crippen molar-refractivity contribution in [2.45, 2.75) is 113 Å². The van der Waals surface area contributed by atoms with Crippen LogP contribution in [-0.2, 0) is 24.9 Å². The maximum Gasteiger partial charge on any atom is 0.164 e. The molecule has 4 aromatic rings. The minimum Gasteiger partial charge on any atom is -0.512 e. The molecule has 0 bridgehead atoms. The average molecular weight is 797 g/mol. The van der Waals surface area contributed by atoms with Crippen LogP contribution in [0.3, 0.4) is 0 Å². The van der Waals surface area contributed by atoms with Crippen LogP contribution in [0.5, 0.6) is 0 Å². The molecule has 46 heavy (non-hydrogen) atoms. The van der Waals surface area contributed by atoms with E-state index in [0.29, 0.717) is 5.92 Å². The van der Waals surface area contributed by atoms with Crippen LogP contribution in [0.2, 0.25) is 0 Å². The number of aromatic nitrogens is 1. The molecule has 1 aliphatic rings. The molecule has 1 heterocycles. The van der Waals surface area contributed by atoms with Gasteiger partial charge in [0.2, 0.25) is 0 Å². The van der Waals surface area contributed by atoms with Gasteiger partial charge in [-0.15, -0.1) is 34.9 Å². The van der Waals surface area contributed by atoms with Gasteiger partial charge >= 0.3 is 0 Å². The fraction of sp³-hybridized carbons (Fsp3) is 0.476. The molecule has 1 N–H and O–H groups in total. The van der Waals surface area contributed by atoms with Gasteiger partial charge in [0.05, 0.1) is 0 Å². The predicted molar refractivity (Wildman–Crippen MR) is 192 cm³/mol. The number of carbonyl (C=O) groups excluding carboxylic acids is 1. The van der Waals surface area contributed by atoms with Gasteiger partial charge in [-0.05, 0) is 76.4 Å². The Morgan fingerprint density at radius 1 is 0.957 bits per heavy atom. The summed E-state index contributed by atoms with van der Waals surface area (Å²) in [7, 11) is 0. The minimum absolute atomic E-state index is 0. The normalized spacial score (nSPS) is 15.2. The molecule has 1 aliphatic carbocycles. The Balaban J connectivity index is 0.000000309. The summed E-state index contributed by atoms with van der Waals surface area (Å²) in [5, 5.41) is 15.1. The number of carbonyl (C=O) groups is 1. The van der Waals surface area contributed by atoms with Crippen LogP contribution in [-0.4, -0.2) is 15.9 Å². The molecule has 5 rings (SSSR count). The van der Waals surface area contributed by atoms with E-state index >= 15 is 0 Å². The third-order valence-corrected chi connectivity index (χ3v) is 10.4. The fourth-order valence-electron chi connectivity index (χ4n) is 6.44. The van der Waals surface area contributed by atoms with Crippen molar-refractivity contribution in [3.8, 4) is 11.3 Å². The van der Waals surface area contributed by atoms with Gasteiger partial charge in [-0.25, -0.2) is 0 Å². The van der Waals surface area contributed by atoms with Gasteiger partial charge in [-0.2, -0.15) is 0 Å². The van der Waals surface area contributed by atoms with E-state index in [-0.39, 0.29) is 42.5 Å². The van der Waals surface area contributed by atoms with Gasteiger partial charge in [0.25, 0.3) is 0 Å². The number of fused-ring (bicyclic) bond motifs is 3. The van der Waals surface area contributed by atoms with Gasteiger partial charge in [0.1, 0.15) is 5.76 Å². The maximum absolute atomic E-state index is 11.8. The quantitative estimate of drug-likeness (QED) is 0.0836. The largest absolute Gasteiger partial charge is 0.512 e. The molecule has 0 aliphatic heterocycles. The summed E-state index contributed by atoms with van der Waals surface area (Å²) < 4.78 is 0.